The van der Waals surface area contributed by atoms with Crippen LogP contribution in [0, 0.1) is 10.1 Å². The lowest BCUT2D eigenvalue weighted by Crippen LogP contribution is -2.51. The molecule has 1 aromatic heterocycles. The maximum absolute atomic E-state index is 13.3. The topological polar surface area (TPSA) is 445 Å². The Balaban J connectivity index is 0.000000228. The first-order chi connectivity index (χ1) is 46.3. The molecule has 2 amide bonds. The molecule has 10 rings (SSSR count). The number of nitrogens with zero attached hydrogens (tertiary/aromatic N) is 4. The van der Waals surface area contributed by atoms with Crippen molar-refractivity contribution in [2.75, 3.05) is 31.7 Å². The lowest BCUT2D eigenvalue weighted by atomic mass is 10.1. The fourth-order valence-corrected chi connectivity index (χ4v) is 13.7. The van der Waals surface area contributed by atoms with Crippen LogP contribution < -0.4 is 35.9 Å². The SMILES string of the molecule is CCCNc1ccn([C@@H]2O[C@H](COP(=O)([O-])OP(=O)([O-])OCc3ccccc3)[C@H](OC(=O)c3ccccc3)C2OC(=O)c2ccccc2)c(=O)n1.CCCOP(=O)([O-])OP(=O)([O-])OC[C@H]1O[C@@H](N2C=C3C=C(c4ccccc4[N+](=O)[O-])OC3NC2=O)C[C@H]1OC(=O)c1ccccc1. The molecular weight excluding hydrogens is 1360 g/mol. The maximum atomic E-state index is 13.3. The van der Waals surface area contributed by atoms with E-state index in [1.807, 2.05) is 6.92 Å². The number of rotatable bonds is 29. The zero-order valence-electron chi connectivity index (χ0n) is 51.0. The van der Waals surface area contributed by atoms with Crippen molar-refractivity contribution in [1.82, 2.24) is 19.8 Å². The molecule has 5 heterocycles. The number of ether oxygens (including phenoxy) is 6. The number of fused-ring (bicyclic) bond motifs is 1. The highest BCUT2D eigenvalue weighted by molar-refractivity contribution is 7.60. The van der Waals surface area contributed by atoms with Crippen LogP contribution in [0.15, 0.2) is 180 Å². The van der Waals surface area contributed by atoms with Crippen molar-refractivity contribution in [2.45, 2.75) is 88.9 Å². The fraction of sp³-hybridized carbons (Fsp3) is 0.300. The Morgan fingerprint density at radius 1 is 0.649 bits per heavy atom. The first-order valence-electron chi connectivity index (χ1n) is 29.4. The summed E-state index contributed by atoms with van der Waals surface area (Å²) in [6.45, 7) is 1.35. The van der Waals surface area contributed by atoms with Crippen molar-refractivity contribution in [3.8, 4) is 0 Å². The molecular formula is C60H60N6O27P4-4. The molecule has 0 spiro atoms. The van der Waals surface area contributed by atoms with E-state index < -0.39 is 135 Å². The van der Waals surface area contributed by atoms with Crippen molar-refractivity contribution in [1.29, 1.82) is 0 Å². The Hall–Kier alpha value is -8.42. The molecule has 2 fully saturated rings. The van der Waals surface area contributed by atoms with Gasteiger partial charge in [0.15, 0.2) is 18.4 Å². The minimum Gasteiger partial charge on any atom is -0.756 e. The normalized spacial score (nSPS) is 22.7. The molecule has 33 nitrogen and oxygen atoms in total. The summed E-state index contributed by atoms with van der Waals surface area (Å²) in [6.07, 6.45) is -5.84. The largest absolute Gasteiger partial charge is 0.756 e. The highest BCUT2D eigenvalue weighted by atomic mass is 31.3. The quantitative estimate of drug-likeness (QED) is 0.0165. The fourth-order valence-electron chi connectivity index (χ4n) is 9.62. The third kappa shape index (κ3) is 20.1. The van der Waals surface area contributed by atoms with Gasteiger partial charge in [-0.3, -0.25) is 43.2 Å². The first kappa shape index (κ1) is 72.8. The van der Waals surface area contributed by atoms with Crippen molar-refractivity contribution >= 4 is 72.5 Å². The number of aromatic nitrogens is 2. The number of esters is 3. The van der Waals surface area contributed by atoms with Crippen molar-refractivity contribution < 1.29 is 117 Å². The van der Waals surface area contributed by atoms with Gasteiger partial charge in [0.25, 0.3) is 37.0 Å². The van der Waals surface area contributed by atoms with Crippen LogP contribution >= 0.6 is 31.3 Å². The summed E-state index contributed by atoms with van der Waals surface area (Å²) in [7, 11) is -21.9. The molecule has 97 heavy (non-hydrogen) atoms. The second-order valence-electron chi connectivity index (χ2n) is 21.0. The van der Waals surface area contributed by atoms with E-state index in [1.54, 1.807) is 97.9 Å². The van der Waals surface area contributed by atoms with Crippen LogP contribution in [-0.4, -0.2) is 113 Å². The number of phosphoric acid groups is 4. The number of hydrogen-bond donors (Lipinski definition) is 2. The van der Waals surface area contributed by atoms with Crippen LogP contribution in [0.3, 0.4) is 0 Å². The summed E-state index contributed by atoms with van der Waals surface area (Å²) in [5.41, 5.74) is 0.334. The molecule has 2 saturated heterocycles. The molecule has 516 valence electrons. The molecule has 0 aliphatic carbocycles. The summed E-state index contributed by atoms with van der Waals surface area (Å²) in [5, 5.41) is 17.1. The number of hydrogen-bond acceptors (Lipinski definition) is 29. The van der Waals surface area contributed by atoms with Gasteiger partial charge in [-0.2, -0.15) is 4.98 Å². The lowest BCUT2D eigenvalue weighted by molar-refractivity contribution is -0.385. The van der Waals surface area contributed by atoms with E-state index in [9.17, 15) is 71.9 Å². The minimum atomic E-state index is -5.69. The van der Waals surface area contributed by atoms with Gasteiger partial charge >= 0.3 is 29.6 Å². The summed E-state index contributed by atoms with van der Waals surface area (Å²) < 4.78 is 112. The number of urea groups is 1. The van der Waals surface area contributed by atoms with Gasteiger partial charge in [0.05, 0.1) is 53.6 Å². The van der Waals surface area contributed by atoms with E-state index >= 15 is 0 Å². The Kier molecular flexibility index (Phi) is 24.6. The molecule has 12 atom stereocenters. The number of anilines is 1. The third-order valence-corrected chi connectivity index (χ3v) is 19.2. The molecule has 2 N–H and O–H groups in total. The van der Waals surface area contributed by atoms with Gasteiger partial charge in [0.2, 0.25) is 6.23 Å². The average Bonchev–Trinajstić information content (AvgIpc) is 1.65. The van der Waals surface area contributed by atoms with Crippen molar-refractivity contribution in [3.05, 3.63) is 224 Å². The van der Waals surface area contributed by atoms with E-state index in [2.05, 4.69) is 33.3 Å². The molecule has 6 aromatic rings. The molecule has 37 heteroatoms. The summed E-state index contributed by atoms with van der Waals surface area (Å²) in [4.78, 5) is 131. The molecule has 6 unspecified atom stereocenters. The van der Waals surface area contributed by atoms with Crippen LogP contribution in [0.2, 0.25) is 0 Å². The molecule has 5 aromatic carbocycles. The van der Waals surface area contributed by atoms with Crippen molar-refractivity contribution in [2.24, 2.45) is 0 Å². The number of carbonyl (C=O) groups excluding carboxylic acids is 4. The minimum absolute atomic E-state index is 0.0830. The summed E-state index contributed by atoms with van der Waals surface area (Å²) >= 11 is 0. The zero-order valence-corrected chi connectivity index (χ0v) is 54.6. The number of nitrogens with one attached hydrogen (secondary N) is 2. The van der Waals surface area contributed by atoms with Crippen LogP contribution in [0.5, 0.6) is 0 Å². The highest BCUT2D eigenvalue weighted by Gasteiger charge is 2.52. The first-order valence-corrected chi connectivity index (χ1v) is 35.3. The van der Waals surface area contributed by atoms with Crippen molar-refractivity contribution in [3.63, 3.8) is 0 Å². The third-order valence-electron chi connectivity index (χ3n) is 14.1. The van der Waals surface area contributed by atoms with Crippen LogP contribution in [0.1, 0.15) is 81.5 Å². The van der Waals surface area contributed by atoms with E-state index in [-0.39, 0.29) is 59.0 Å². The number of benzene rings is 5. The van der Waals surface area contributed by atoms with Crippen LogP contribution in [-0.2, 0) is 80.0 Å². The highest BCUT2D eigenvalue weighted by Crippen LogP contribution is 2.57. The monoisotopic (exact) mass is 1420 g/mol. The molecule has 4 aliphatic rings. The Morgan fingerprint density at radius 3 is 1.74 bits per heavy atom. The molecule has 0 radical (unpaired) electrons. The van der Waals surface area contributed by atoms with Gasteiger partial charge in [-0.25, -0.2) is 32.6 Å². The number of nitro groups is 1. The van der Waals surface area contributed by atoms with Crippen LogP contribution in [0.4, 0.5) is 16.3 Å². The van der Waals surface area contributed by atoms with E-state index in [0.29, 0.717) is 17.7 Å². The molecule has 0 bridgehead atoms. The predicted molar refractivity (Wildman–Crippen MR) is 328 cm³/mol. The Bertz CT molecular complexity index is 4100. The average molecular weight is 1420 g/mol. The van der Waals surface area contributed by atoms with Crippen LogP contribution in [0.25, 0.3) is 5.76 Å². The number of carbonyl (C=O) groups is 4. The zero-order chi connectivity index (χ0) is 69.5. The Morgan fingerprint density at radius 2 is 1.18 bits per heavy atom. The summed E-state index contributed by atoms with van der Waals surface area (Å²) in [5.74, 6) is -2.19. The predicted octanol–water partition coefficient (Wildman–Crippen LogP) is 6.54. The standard InChI is InChI=1S/C33H35N3O13P2.C27H29N3O14P2/c1-2-19-34-27-18-20-36(33(39)35-27)30-29(48-32(38)25-16-10-5-11-17-25)28(47-31(37)24-14-8-4-9-15-24)26(46-30)22-45-51(42,43)49-50(40,41)44-21-23-12-6-3-7-13-23;1-2-12-39-45(35,36)44-46(37,38)40-16-23-22(43-26(31)17-8-4-3-5-9-17)14-24(41-23)29-15-18-13-21(42-25(18)28-27(29)32)19-10-6-7-11-20(19)30(33)34/h3-18,20,26,28-30H,2,19,21-22H2,1H3,(H,40,41)(H,42,43)(H,34,35,39);3-11,13,15,22-25H,2,12,14,16H2,1H3,(H,28,32)(H,35,36)(H,37,38)/p-4/t26-,28+,29?,30-;22-,23-,24-,25?/m11/s1. The number of phosphoric ester groups is 4. The second-order valence-corrected chi connectivity index (χ2v) is 27.0. The van der Waals surface area contributed by atoms with E-state index in [0.717, 1.165) is 15.9 Å². The number of amides is 2. The van der Waals surface area contributed by atoms with Gasteiger partial charge in [-0.05, 0) is 73.0 Å². The van der Waals surface area contributed by atoms with Gasteiger partial charge in [-0.1, -0.05) is 111 Å². The smallest absolute Gasteiger partial charge is 0.351 e. The number of para-hydroxylation sites is 1. The lowest BCUT2D eigenvalue weighted by Gasteiger charge is -2.32. The van der Waals surface area contributed by atoms with Gasteiger partial charge in [0, 0.05) is 37.0 Å². The van der Waals surface area contributed by atoms with E-state index in [4.69, 9.17) is 37.5 Å². The van der Waals surface area contributed by atoms with E-state index in [1.165, 1.54) is 79.1 Å². The maximum Gasteiger partial charge on any atom is 0.351 e. The second kappa shape index (κ2) is 32.8. The summed E-state index contributed by atoms with van der Waals surface area (Å²) in [6, 6.07) is 38.1. The van der Waals surface area contributed by atoms with Gasteiger partial charge in [-0.15, -0.1) is 0 Å². The molecule has 0 saturated carbocycles. The van der Waals surface area contributed by atoms with Gasteiger partial charge < -0.3 is 71.4 Å². The number of nitro benzene ring substituents is 1. The molecule has 4 aliphatic heterocycles. The Labute approximate surface area is 552 Å². The van der Waals surface area contributed by atoms with Gasteiger partial charge in [0.1, 0.15) is 36.1 Å².